The molecule has 1 aromatic carbocycles. The van der Waals surface area contributed by atoms with Gasteiger partial charge in [-0.15, -0.1) is 10.2 Å². The van der Waals surface area contributed by atoms with E-state index in [0.717, 1.165) is 0 Å². The Morgan fingerprint density at radius 1 is 1.44 bits per heavy atom. The lowest BCUT2D eigenvalue weighted by atomic mass is 10.1. The van der Waals surface area contributed by atoms with Gasteiger partial charge in [0.25, 0.3) is 5.69 Å². The van der Waals surface area contributed by atoms with Crippen molar-refractivity contribution in [2.45, 2.75) is 6.92 Å². The van der Waals surface area contributed by atoms with Gasteiger partial charge in [-0.1, -0.05) is 12.1 Å². The predicted molar refractivity (Wildman–Crippen MR) is 57.8 cm³/mol. The standard InChI is InChI=1S/C10H10N4O2/c1-7-4-3-5-8(9(7)14(15)16)10-12-11-6-13(10)2/h3-6H,1-2H3. The summed E-state index contributed by atoms with van der Waals surface area (Å²) in [5.74, 6) is 0.496. The zero-order chi connectivity index (χ0) is 11.7. The van der Waals surface area contributed by atoms with E-state index in [1.165, 1.54) is 6.33 Å². The van der Waals surface area contributed by atoms with Crippen LogP contribution >= 0.6 is 0 Å². The maximum absolute atomic E-state index is 11.0. The molecule has 0 bridgehead atoms. The molecule has 0 aliphatic carbocycles. The normalized spacial score (nSPS) is 10.4. The molecule has 0 fully saturated rings. The largest absolute Gasteiger partial charge is 0.317 e. The summed E-state index contributed by atoms with van der Waals surface area (Å²) < 4.78 is 1.65. The fourth-order valence-electron chi connectivity index (χ4n) is 1.61. The molecule has 0 amide bonds. The Balaban J connectivity index is 2.70. The number of rotatable bonds is 2. The maximum Gasteiger partial charge on any atom is 0.283 e. The molecule has 0 saturated carbocycles. The molecule has 0 N–H and O–H groups in total. The monoisotopic (exact) mass is 218 g/mol. The Morgan fingerprint density at radius 2 is 2.19 bits per heavy atom. The molecule has 16 heavy (non-hydrogen) atoms. The van der Waals surface area contributed by atoms with Crippen molar-refractivity contribution in [1.82, 2.24) is 14.8 Å². The van der Waals surface area contributed by atoms with Crippen molar-refractivity contribution in [2.24, 2.45) is 7.05 Å². The van der Waals surface area contributed by atoms with Crippen molar-refractivity contribution >= 4 is 5.69 Å². The Labute approximate surface area is 91.7 Å². The molecule has 2 rings (SSSR count). The van der Waals surface area contributed by atoms with Crippen molar-refractivity contribution < 1.29 is 4.92 Å². The van der Waals surface area contributed by atoms with E-state index in [2.05, 4.69) is 10.2 Å². The van der Waals surface area contributed by atoms with Gasteiger partial charge in [0.2, 0.25) is 0 Å². The summed E-state index contributed by atoms with van der Waals surface area (Å²) in [4.78, 5) is 10.6. The highest BCUT2D eigenvalue weighted by molar-refractivity contribution is 5.70. The number of nitro benzene ring substituents is 1. The lowest BCUT2D eigenvalue weighted by Gasteiger charge is -2.03. The molecular formula is C10H10N4O2. The Hall–Kier alpha value is -2.24. The van der Waals surface area contributed by atoms with E-state index in [1.54, 1.807) is 36.7 Å². The van der Waals surface area contributed by atoms with Gasteiger partial charge in [-0.25, -0.2) is 0 Å². The van der Waals surface area contributed by atoms with Gasteiger partial charge in [0.05, 0.1) is 10.5 Å². The predicted octanol–water partition coefficient (Wildman–Crippen LogP) is 1.70. The number of benzene rings is 1. The molecule has 0 radical (unpaired) electrons. The van der Waals surface area contributed by atoms with Crippen molar-refractivity contribution in [3.05, 3.63) is 40.2 Å². The van der Waals surface area contributed by atoms with Crippen LogP contribution in [0.3, 0.4) is 0 Å². The van der Waals surface area contributed by atoms with Gasteiger partial charge >= 0.3 is 0 Å². The zero-order valence-electron chi connectivity index (χ0n) is 8.91. The highest BCUT2D eigenvalue weighted by atomic mass is 16.6. The second kappa shape index (κ2) is 3.73. The molecule has 0 unspecified atom stereocenters. The van der Waals surface area contributed by atoms with Crippen molar-refractivity contribution in [2.75, 3.05) is 0 Å². The van der Waals surface area contributed by atoms with Crippen LogP contribution in [0.15, 0.2) is 24.5 Å². The van der Waals surface area contributed by atoms with E-state index < -0.39 is 0 Å². The molecule has 0 atom stereocenters. The van der Waals surface area contributed by atoms with Crippen LogP contribution in [0.1, 0.15) is 5.56 Å². The molecule has 1 heterocycles. The lowest BCUT2D eigenvalue weighted by Crippen LogP contribution is -1.98. The third-order valence-corrected chi connectivity index (χ3v) is 2.37. The van der Waals surface area contributed by atoms with Crippen molar-refractivity contribution in [1.29, 1.82) is 0 Å². The highest BCUT2D eigenvalue weighted by Crippen LogP contribution is 2.30. The van der Waals surface area contributed by atoms with Crippen LogP contribution in [-0.2, 0) is 7.05 Å². The van der Waals surface area contributed by atoms with Crippen LogP contribution in [0.5, 0.6) is 0 Å². The van der Waals surface area contributed by atoms with E-state index in [-0.39, 0.29) is 10.6 Å². The van der Waals surface area contributed by atoms with Crippen molar-refractivity contribution in [3.8, 4) is 11.4 Å². The number of aromatic nitrogens is 3. The van der Waals surface area contributed by atoms with E-state index >= 15 is 0 Å². The Morgan fingerprint density at radius 3 is 2.75 bits per heavy atom. The maximum atomic E-state index is 11.0. The van der Waals surface area contributed by atoms with Gasteiger partial charge in [0, 0.05) is 12.6 Å². The minimum absolute atomic E-state index is 0.0820. The third-order valence-electron chi connectivity index (χ3n) is 2.37. The summed E-state index contributed by atoms with van der Waals surface area (Å²) >= 11 is 0. The second-order valence-electron chi connectivity index (χ2n) is 3.49. The number of nitro groups is 1. The molecular weight excluding hydrogens is 208 g/mol. The molecule has 82 valence electrons. The smallest absolute Gasteiger partial charge is 0.283 e. The number of nitrogens with zero attached hydrogens (tertiary/aromatic N) is 4. The Bertz CT molecular complexity index is 548. The highest BCUT2D eigenvalue weighted by Gasteiger charge is 2.20. The van der Waals surface area contributed by atoms with E-state index in [9.17, 15) is 10.1 Å². The van der Waals surface area contributed by atoms with E-state index in [0.29, 0.717) is 17.0 Å². The fourth-order valence-corrected chi connectivity index (χ4v) is 1.61. The Kier molecular flexibility index (Phi) is 2.40. The molecule has 6 nitrogen and oxygen atoms in total. The SMILES string of the molecule is Cc1cccc(-c2nncn2C)c1[N+](=O)[O-]. The average molecular weight is 218 g/mol. The van der Waals surface area contributed by atoms with Gasteiger partial charge in [0.15, 0.2) is 5.82 Å². The van der Waals surface area contributed by atoms with E-state index in [1.807, 2.05) is 0 Å². The second-order valence-corrected chi connectivity index (χ2v) is 3.49. The number of para-hydroxylation sites is 1. The van der Waals surface area contributed by atoms with Crippen LogP contribution in [-0.4, -0.2) is 19.7 Å². The van der Waals surface area contributed by atoms with Gasteiger partial charge < -0.3 is 4.57 Å². The minimum Gasteiger partial charge on any atom is -0.317 e. The number of aryl methyl sites for hydroxylation is 2. The quantitative estimate of drug-likeness (QED) is 0.568. The summed E-state index contributed by atoms with van der Waals surface area (Å²) in [6.07, 6.45) is 1.52. The summed E-state index contributed by atoms with van der Waals surface area (Å²) in [5.41, 5.74) is 1.19. The number of hydrogen-bond donors (Lipinski definition) is 0. The van der Waals surface area contributed by atoms with Gasteiger partial charge in [-0.05, 0) is 13.0 Å². The van der Waals surface area contributed by atoms with E-state index in [4.69, 9.17) is 0 Å². The molecule has 0 aliphatic heterocycles. The third kappa shape index (κ3) is 1.54. The van der Waals surface area contributed by atoms with Crippen molar-refractivity contribution in [3.63, 3.8) is 0 Å². The van der Waals surface area contributed by atoms with Gasteiger partial charge in [-0.3, -0.25) is 10.1 Å². The topological polar surface area (TPSA) is 73.8 Å². The summed E-state index contributed by atoms with van der Waals surface area (Å²) in [7, 11) is 1.75. The first-order chi connectivity index (χ1) is 7.61. The average Bonchev–Trinajstić information content (AvgIpc) is 2.63. The zero-order valence-corrected chi connectivity index (χ0v) is 8.91. The summed E-state index contributed by atoms with van der Waals surface area (Å²) in [5, 5.41) is 18.6. The molecule has 0 saturated heterocycles. The first-order valence-electron chi connectivity index (χ1n) is 4.69. The van der Waals surface area contributed by atoms with Crippen LogP contribution in [0.2, 0.25) is 0 Å². The molecule has 0 aliphatic rings. The molecule has 2 aromatic rings. The van der Waals surface area contributed by atoms with Crippen LogP contribution in [0, 0.1) is 17.0 Å². The van der Waals surface area contributed by atoms with Gasteiger partial charge in [-0.2, -0.15) is 0 Å². The first-order valence-corrected chi connectivity index (χ1v) is 4.69. The first kappa shape index (κ1) is 10.3. The van der Waals surface area contributed by atoms with Crippen LogP contribution in [0.25, 0.3) is 11.4 Å². The minimum atomic E-state index is -0.390. The fraction of sp³-hybridized carbons (Fsp3) is 0.200. The lowest BCUT2D eigenvalue weighted by molar-refractivity contribution is -0.384. The van der Waals surface area contributed by atoms with Crippen LogP contribution < -0.4 is 0 Å². The molecule has 1 aromatic heterocycles. The number of hydrogen-bond acceptors (Lipinski definition) is 4. The van der Waals surface area contributed by atoms with Gasteiger partial charge in [0.1, 0.15) is 6.33 Å². The summed E-state index contributed by atoms with van der Waals surface area (Å²) in [6, 6.07) is 5.15. The van der Waals surface area contributed by atoms with Crippen LogP contribution in [0.4, 0.5) is 5.69 Å². The summed E-state index contributed by atoms with van der Waals surface area (Å²) in [6.45, 7) is 1.71. The molecule has 6 heteroatoms. The molecule has 0 spiro atoms.